The zero-order valence-corrected chi connectivity index (χ0v) is 24.9. The molecule has 2 saturated heterocycles. The molecule has 3 aromatic carbocycles. The van der Waals surface area contributed by atoms with Crippen molar-refractivity contribution in [2.24, 2.45) is 0 Å². The first kappa shape index (κ1) is 33.1. The van der Waals surface area contributed by atoms with Crippen LogP contribution in [0.3, 0.4) is 0 Å². The summed E-state index contributed by atoms with van der Waals surface area (Å²) in [7, 11) is 1.62. The molecular formula is C30H41Cl3N4O2. The van der Waals surface area contributed by atoms with Crippen LogP contribution in [0.1, 0.15) is 47.2 Å². The number of amides is 1. The third kappa shape index (κ3) is 9.24. The lowest BCUT2D eigenvalue weighted by Gasteiger charge is -2.32. The third-order valence-corrected chi connectivity index (χ3v) is 7.51. The molecule has 3 aromatic rings. The number of hydrogen-bond donors (Lipinski definition) is 3. The van der Waals surface area contributed by atoms with Gasteiger partial charge in [0.05, 0.1) is 7.11 Å². The predicted octanol–water partition coefficient (Wildman–Crippen LogP) is 5.35. The molecule has 2 fully saturated rings. The van der Waals surface area contributed by atoms with Crippen LogP contribution >= 0.6 is 37.2 Å². The number of piperidine rings is 1. The van der Waals surface area contributed by atoms with E-state index in [0.29, 0.717) is 17.4 Å². The van der Waals surface area contributed by atoms with E-state index >= 15 is 0 Å². The van der Waals surface area contributed by atoms with Gasteiger partial charge in [-0.2, -0.15) is 0 Å². The monoisotopic (exact) mass is 594 g/mol. The number of carbonyl (C=O) groups excluding carboxylic acids is 1. The van der Waals surface area contributed by atoms with Crippen LogP contribution in [0.25, 0.3) is 10.8 Å². The minimum Gasteiger partial charge on any atom is -0.497 e. The third-order valence-electron chi connectivity index (χ3n) is 7.51. The van der Waals surface area contributed by atoms with Crippen LogP contribution in [0, 0.1) is 0 Å². The summed E-state index contributed by atoms with van der Waals surface area (Å²) in [5.74, 6) is 0.685. The number of methoxy groups -OCH3 is 1. The van der Waals surface area contributed by atoms with E-state index in [1.807, 2.05) is 18.2 Å². The van der Waals surface area contributed by atoms with Gasteiger partial charge in [-0.25, -0.2) is 0 Å². The number of halogens is 3. The number of fused-ring (bicyclic) bond motifs is 1. The predicted molar refractivity (Wildman–Crippen MR) is 167 cm³/mol. The molecule has 0 radical (unpaired) electrons. The molecule has 2 heterocycles. The van der Waals surface area contributed by atoms with Crippen molar-refractivity contribution in [3.63, 3.8) is 0 Å². The Hall–Kier alpha value is -2.06. The first-order chi connectivity index (χ1) is 17.7. The van der Waals surface area contributed by atoms with Crippen molar-refractivity contribution < 1.29 is 9.53 Å². The van der Waals surface area contributed by atoms with E-state index in [0.717, 1.165) is 52.1 Å². The molecule has 0 spiro atoms. The van der Waals surface area contributed by atoms with Gasteiger partial charge in [-0.3, -0.25) is 9.69 Å². The van der Waals surface area contributed by atoms with Crippen LogP contribution in [-0.2, 0) is 13.1 Å². The van der Waals surface area contributed by atoms with Crippen LogP contribution in [0.15, 0.2) is 60.7 Å². The van der Waals surface area contributed by atoms with Gasteiger partial charge in [0, 0.05) is 50.4 Å². The summed E-state index contributed by atoms with van der Waals surface area (Å²) in [5, 5.41) is 13.0. The molecule has 1 unspecified atom stereocenters. The Balaban J connectivity index is 0.00000178. The molecule has 3 N–H and O–H groups in total. The molecule has 9 heteroatoms. The second-order valence-corrected chi connectivity index (χ2v) is 10.2. The van der Waals surface area contributed by atoms with E-state index in [9.17, 15) is 4.79 Å². The molecule has 0 aliphatic carbocycles. The molecule has 1 atom stereocenters. The Labute approximate surface area is 250 Å². The zero-order valence-electron chi connectivity index (χ0n) is 22.5. The second-order valence-electron chi connectivity index (χ2n) is 10.2. The molecule has 39 heavy (non-hydrogen) atoms. The molecule has 2 aliphatic rings. The number of hydrogen-bond acceptors (Lipinski definition) is 5. The second kappa shape index (κ2) is 16.3. The Bertz CT molecular complexity index is 1180. The summed E-state index contributed by atoms with van der Waals surface area (Å²) in [6.07, 6.45) is 4.50. The first-order valence-electron chi connectivity index (χ1n) is 13.3. The fraction of sp³-hybridized carbons (Fsp3) is 0.433. The fourth-order valence-electron chi connectivity index (χ4n) is 5.40. The van der Waals surface area contributed by atoms with E-state index < -0.39 is 0 Å². The van der Waals surface area contributed by atoms with E-state index in [4.69, 9.17) is 4.74 Å². The van der Waals surface area contributed by atoms with Gasteiger partial charge in [0.25, 0.3) is 5.91 Å². The lowest BCUT2D eigenvalue weighted by atomic mass is 10.0. The summed E-state index contributed by atoms with van der Waals surface area (Å²) in [6, 6.07) is 21.8. The molecular weight excluding hydrogens is 555 g/mol. The van der Waals surface area contributed by atoms with Crippen LogP contribution < -0.4 is 20.7 Å². The van der Waals surface area contributed by atoms with Crippen molar-refractivity contribution in [1.29, 1.82) is 0 Å². The highest BCUT2D eigenvalue weighted by molar-refractivity contribution is 5.94. The van der Waals surface area contributed by atoms with Gasteiger partial charge in [0.1, 0.15) is 5.75 Å². The number of carbonyl (C=O) groups is 1. The van der Waals surface area contributed by atoms with E-state index in [1.165, 1.54) is 34.7 Å². The molecule has 214 valence electrons. The van der Waals surface area contributed by atoms with Crippen LogP contribution in [0.5, 0.6) is 5.75 Å². The van der Waals surface area contributed by atoms with Gasteiger partial charge >= 0.3 is 0 Å². The maximum atomic E-state index is 12.7. The number of ether oxygens (including phenoxy) is 1. The molecule has 0 bridgehead atoms. The molecule has 6 nitrogen and oxygen atoms in total. The van der Waals surface area contributed by atoms with Crippen molar-refractivity contribution in [3.8, 4) is 5.75 Å². The van der Waals surface area contributed by atoms with Crippen LogP contribution in [0.2, 0.25) is 0 Å². The first-order valence-corrected chi connectivity index (χ1v) is 13.3. The van der Waals surface area contributed by atoms with E-state index in [-0.39, 0.29) is 49.2 Å². The maximum Gasteiger partial charge on any atom is 0.251 e. The summed E-state index contributed by atoms with van der Waals surface area (Å²) >= 11 is 0. The fourth-order valence-corrected chi connectivity index (χ4v) is 5.40. The van der Waals surface area contributed by atoms with Gasteiger partial charge in [-0.1, -0.05) is 30.3 Å². The van der Waals surface area contributed by atoms with Crippen molar-refractivity contribution in [3.05, 3.63) is 77.4 Å². The lowest BCUT2D eigenvalue weighted by Crippen LogP contribution is -2.44. The van der Waals surface area contributed by atoms with Crippen molar-refractivity contribution in [2.75, 3.05) is 33.3 Å². The molecule has 0 saturated carbocycles. The van der Waals surface area contributed by atoms with Gasteiger partial charge in [0.2, 0.25) is 0 Å². The van der Waals surface area contributed by atoms with Gasteiger partial charge in [0.15, 0.2) is 0 Å². The highest BCUT2D eigenvalue weighted by Gasteiger charge is 2.21. The Morgan fingerprint density at radius 2 is 1.69 bits per heavy atom. The summed E-state index contributed by atoms with van der Waals surface area (Å²) in [5.41, 5.74) is 3.34. The van der Waals surface area contributed by atoms with Crippen molar-refractivity contribution in [2.45, 2.75) is 50.9 Å². The minimum atomic E-state index is -0.0216. The van der Waals surface area contributed by atoms with E-state index in [2.05, 4.69) is 57.2 Å². The average Bonchev–Trinajstić information content (AvgIpc) is 3.43. The molecule has 0 aromatic heterocycles. The summed E-state index contributed by atoms with van der Waals surface area (Å²) < 4.78 is 5.24. The van der Waals surface area contributed by atoms with Gasteiger partial charge in [-0.15, -0.1) is 37.2 Å². The number of nitrogens with zero attached hydrogens (tertiary/aromatic N) is 1. The van der Waals surface area contributed by atoms with Crippen LogP contribution in [0.4, 0.5) is 0 Å². The Morgan fingerprint density at radius 1 is 0.949 bits per heavy atom. The SMILES string of the molecule is COc1cccc(C(=O)NC2CCN(Cc3ccc4ccc(CNCC5CCCN5)cc4c3)CC2)c1.Cl.Cl.Cl. The van der Waals surface area contributed by atoms with E-state index in [1.54, 1.807) is 13.2 Å². The number of likely N-dealkylation sites (tertiary alicyclic amines) is 1. The highest BCUT2D eigenvalue weighted by atomic mass is 35.5. The lowest BCUT2D eigenvalue weighted by molar-refractivity contribution is 0.0908. The Kier molecular flexibility index (Phi) is 13.8. The summed E-state index contributed by atoms with van der Waals surface area (Å²) in [6.45, 7) is 6.02. The standard InChI is InChI=1S/C30H38N4O2.3ClH/c1-36-29-6-2-4-25(18-29)30(35)33-27-11-14-34(15-12-27)21-23-8-10-24-9-7-22(16-26(24)17-23)19-31-20-28-5-3-13-32-28;;;/h2,4,6-10,16-18,27-28,31-32H,3,5,11-15,19-21H2,1H3,(H,33,35);3*1H. The molecule has 5 rings (SSSR count). The normalized spacial score (nSPS) is 17.5. The molecule has 2 aliphatic heterocycles. The molecule has 1 amide bonds. The minimum absolute atomic E-state index is 0. The average molecular weight is 596 g/mol. The zero-order chi connectivity index (χ0) is 24.7. The smallest absolute Gasteiger partial charge is 0.251 e. The number of rotatable bonds is 9. The quantitative estimate of drug-likeness (QED) is 0.311. The number of nitrogens with one attached hydrogen (secondary N) is 3. The van der Waals surface area contributed by atoms with Gasteiger partial charge in [-0.05, 0) is 84.5 Å². The van der Waals surface area contributed by atoms with Crippen molar-refractivity contribution in [1.82, 2.24) is 20.9 Å². The van der Waals surface area contributed by atoms with Crippen molar-refractivity contribution >= 4 is 53.9 Å². The summed E-state index contributed by atoms with van der Waals surface area (Å²) in [4.78, 5) is 15.1. The Morgan fingerprint density at radius 3 is 2.41 bits per heavy atom. The number of benzene rings is 3. The van der Waals surface area contributed by atoms with Crippen LogP contribution in [-0.4, -0.2) is 56.2 Å². The highest BCUT2D eigenvalue weighted by Crippen LogP contribution is 2.21. The topological polar surface area (TPSA) is 65.6 Å². The largest absolute Gasteiger partial charge is 0.497 e. The van der Waals surface area contributed by atoms with Gasteiger partial charge < -0.3 is 20.7 Å². The maximum absolute atomic E-state index is 12.7.